The molecule has 4 atom stereocenters. The van der Waals surface area contributed by atoms with Crippen LogP contribution in [-0.2, 0) is 24.0 Å². The van der Waals surface area contributed by atoms with Crippen molar-refractivity contribution in [2.45, 2.75) is 116 Å². The highest BCUT2D eigenvalue weighted by Gasteiger charge is 2.33. The maximum atomic E-state index is 13.5. The van der Waals surface area contributed by atoms with E-state index in [2.05, 4.69) is 17.6 Å². The van der Waals surface area contributed by atoms with Crippen LogP contribution in [0.5, 0.6) is 0 Å². The zero-order valence-electron chi connectivity index (χ0n) is 25.9. The van der Waals surface area contributed by atoms with Crippen molar-refractivity contribution in [1.82, 2.24) is 20.6 Å². The van der Waals surface area contributed by atoms with Gasteiger partial charge in [0.2, 0.25) is 11.8 Å². The number of nitrogens with zero attached hydrogens (tertiary/aromatic N) is 2. The molecule has 0 spiro atoms. The fourth-order valence-electron chi connectivity index (χ4n) is 4.86. The molecule has 2 unspecified atom stereocenters. The fraction of sp³-hybridized carbons (Fsp3) is 0.800. The summed E-state index contributed by atoms with van der Waals surface area (Å²) in [6.07, 6.45) is 12.8. The molecule has 1 aliphatic heterocycles. The predicted octanol–water partition coefficient (Wildman–Crippen LogP) is 4.59. The van der Waals surface area contributed by atoms with Crippen molar-refractivity contribution in [3.63, 3.8) is 0 Å². The Morgan fingerprint density at radius 3 is 2.38 bits per heavy atom. The average molecular weight is 567 g/mol. The van der Waals surface area contributed by atoms with E-state index in [0.717, 1.165) is 43.6 Å². The summed E-state index contributed by atoms with van der Waals surface area (Å²) in [7, 11) is 6.18. The third-order valence-electron chi connectivity index (χ3n) is 7.21. The van der Waals surface area contributed by atoms with Crippen LogP contribution >= 0.6 is 0 Å². The molecular formula is C30H54N4O6. The molecule has 1 rings (SSSR count). The van der Waals surface area contributed by atoms with Crippen molar-refractivity contribution in [1.29, 1.82) is 0 Å². The Kier molecular flexibility index (Phi) is 17.2. The smallest absolute Gasteiger partial charge is 0.408 e. The van der Waals surface area contributed by atoms with Gasteiger partial charge >= 0.3 is 6.09 Å². The summed E-state index contributed by atoms with van der Waals surface area (Å²) in [6, 6.07) is -1.91. The minimum Gasteiger partial charge on any atom is -0.446 e. The molecule has 0 saturated heterocycles. The summed E-state index contributed by atoms with van der Waals surface area (Å²) in [5, 5.41) is 6.60. The van der Waals surface area contributed by atoms with Gasteiger partial charge in [0.1, 0.15) is 18.2 Å². The number of hydrogen-bond donors (Lipinski definition) is 2. The summed E-state index contributed by atoms with van der Waals surface area (Å²) in [6.45, 7) is 6.09. The highest BCUT2D eigenvalue weighted by molar-refractivity contribution is 5.91. The molecular weight excluding hydrogens is 512 g/mol. The lowest BCUT2D eigenvalue weighted by Gasteiger charge is -2.29. The molecule has 0 aromatic carbocycles. The van der Waals surface area contributed by atoms with E-state index in [-0.39, 0.29) is 24.3 Å². The Labute approximate surface area is 241 Å². The number of cyclic esters (lactones) is 1. The largest absolute Gasteiger partial charge is 0.446 e. The molecule has 230 valence electrons. The zero-order chi connectivity index (χ0) is 30.1. The van der Waals surface area contributed by atoms with Gasteiger partial charge in [-0.05, 0) is 57.3 Å². The van der Waals surface area contributed by atoms with Gasteiger partial charge in [0.25, 0.3) is 5.91 Å². The molecule has 0 aromatic rings. The molecule has 0 saturated carbocycles. The van der Waals surface area contributed by atoms with Gasteiger partial charge in [-0.25, -0.2) is 9.86 Å². The van der Waals surface area contributed by atoms with Gasteiger partial charge in [0.05, 0.1) is 7.11 Å². The van der Waals surface area contributed by atoms with Crippen molar-refractivity contribution in [3.05, 3.63) is 12.2 Å². The number of ether oxygens (including phenoxy) is 1. The molecule has 1 heterocycles. The van der Waals surface area contributed by atoms with Crippen LogP contribution < -0.4 is 10.6 Å². The summed E-state index contributed by atoms with van der Waals surface area (Å²) < 4.78 is 5.82. The van der Waals surface area contributed by atoms with Gasteiger partial charge in [-0.2, -0.15) is 0 Å². The number of allylic oxidation sites excluding steroid dienone is 2. The normalized spacial score (nSPS) is 24.0. The number of nitrogens with one attached hydrogen (secondary N) is 2. The molecule has 4 amide bonds. The fourth-order valence-corrected chi connectivity index (χ4v) is 4.86. The molecule has 40 heavy (non-hydrogen) atoms. The summed E-state index contributed by atoms with van der Waals surface area (Å²) in [4.78, 5) is 59.3. The Balaban J connectivity index is 3.26. The summed E-state index contributed by atoms with van der Waals surface area (Å²) >= 11 is 0. The van der Waals surface area contributed by atoms with Gasteiger partial charge < -0.3 is 20.3 Å². The first kappa shape index (κ1) is 35.4. The van der Waals surface area contributed by atoms with E-state index in [0.29, 0.717) is 12.8 Å². The number of unbranched alkanes of at least 4 members (excludes halogenated alkanes) is 4. The van der Waals surface area contributed by atoms with Crippen LogP contribution in [0.4, 0.5) is 4.79 Å². The number of alkyl carbamates (subject to hydrolysis) is 1. The Bertz CT molecular complexity index is 816. The third kappa shape index (κ3) is 13.6. The van der Waals surface area contributed by atoms with Gasteiger partial charge in [-0.15, -0.1) is 0 Å². The molecule has 0 fully saturated rings. The second kappa shape index (κ2) is 19.5. The van der Waals surface area contributed by atoms with Crippen LogP contribution in [-0.4, -0.2) is 80.2 Å². The standard InChI is InChI=1S/C30H54N4O6/c1-8-9-10-11-15-18-24-19-16-13-12-14-17-23(28(36)33(4)5)21-26(29(37)34(6)39-7)31-27(35)25(20-22(2)3)32-30(38)40-24/h12,14,22-26H,8-11,13,15-21H2,1-7H3,(H,31,35)(H,32,38)/b14-12-/t23?,24?,25-,26-/m0/s1. The molecule has 10 nitrogen and oxygen atoms in total. The highest BCUT2D eigenvalue weighted by Crippen LogP contribution is 2.20. The van der Waals surface area contributed by atoms with Crippen LogP contribution in [0.15, 0.2) is 12.2 Å². The monoisotopic (exact) mass is 566 g/mol. The van der Waals surface area contributed by atoms with Crippen molar-refractivity contribution in [3.8, 4) is 0 Å². The molecule has 0 radical (unpaired) electrons. The van der Waals surface area contributed by atoms with Gasteiger partial charge in [-0.3, -0.25) is 19.2 Å². The van der Waals surface area contributed by atoms with Crippen LogP contribution in [0.2, 0.25) is 0 Å². The number of hydrogen-bond acceptors (Lipinski definition) is 6. The number of likely N-dealkylation sites (N-methyl/N-ethyl adjacent to an activating group) is 1. The number of carbonyl (C=O) groups excluding carboxylic acids is 4. The average Bonchev–Trinajstić information content (AvgIpc) is 2.90. The van der Waals surface area contributed by atoms with E-state index < -0.39 is 35.9 Å². The molecule has 2 N–H and O–H groups in total. The van der Waals surface area contributed by atoms with Gasteiger partial charge in [-0.1, -0.05) is 58.6 Å². The van der Waals surface area contributed by atoms with Crippen molar-refractivity contribution >= 4 is 23.8 Å². The van der Waals surface area contributed by atoms with Crippen LogP contribution in [0.25, 0.3) is 0 Å². The highest BCUT2D eigenvalue weighted by atomic mass is 16.7. The maximum Gasteiger partial charge on any atom is 0.408 e. The Morgan fingerprint density at radius 1 is 1.05 bits per heavy atom. The summed E-state index contributed by atoms with van der Waals surface area (Å²) in [5.74, 6) is -1.52. The van der Waals surface area contributed by atoms with Crippen LogP contribution in [0, 0.1) is 11.8 Å². The first-order chi connectivity index (χ1) is 19.0. The van der Waals surface area contributed by atoms with E-state index in [4.69, 9.17) is 9.57 Å². The van der Waals surface area contributed by atoms with Crippen molar-refractivity contribution < 1.29 is 28.8 Å². The minimum atomic E-state index is -1.02. The SMILES string of the molecule is CCCCCCCC1CCC/C=C\CC(C(=O)N(C)C)C[C@@H](C(=O)N(C)OC)NC(=O)[C@H](CC(C)C)NC(=O)O1. The molecule has 0 bridgehead atoms. The maximum absolute atomic E-state index is 13.5. The first-order valence-corrected chi connectivity index (χ1v) is 14.9. The van der Waals surface area contributed by atoms with E-state index in [1.807, 2.05) is 26.0 Å². The lowest BCUT2D eigenvalue weighted by Crippen LogP contribution is -2.55. The van der Waals surface area contributed by atoms with E-state index in [1.54, 1.807) is 14.1 Å². The number of amides is 4. The predicted molar refractivity (Wildman–Crippen MR) is 156 cm³/mol. The topological polar surface area (TPSA) is 117 Å². The van der Waals surface area contributed by atoms with Gasteiger partial charge in [0, 0.05) is 27.1 Å². The molecule has 0 aliphatic carbocycles. The summed E-state index contributed by atoms with van der Waals surface area (Å²) in [5.41, 5.74) is 0. The second-order valence-electron chi connectivity index (χ2n) is 11.4. The number of hydroxylamine groups is 2. The number of carbonyl (C=O) groups is 4. The molecule has 10 heteroatoms. The Morgan fingerprint density at radius 2 is 1.75 bits per heavy atom. The van der Waals surface area contributed by atoms with Crippen LogP contribution in [0.3, 0.4) is 0 Å². The third-order valence-corrected chi connectivity index (χ3v) is 7.21. The quantitative estimate of drug-likeness (QED) is 0.215. The van der Waals surface area contributed by atoms with E-state index in [9.17, 15) is 19.2 Å². The van der Waals surface area contributed by atoms with Crippen molar-refractivity contribution in [2.24, 2.45) is 11.8 Å². The minimum absolute atomic E-state index is 0.0958. The lowest BCUT2D eigenvalue weighted by molar-refractivity contribution is -0.172. The van der Waals surface area contributed by atoms with Gasteiger partial charge in [0.15, 0.2) is 0 Å². The van der Waals surface area contributed by atoms with E-state index >= 15 is 0 Å². The van der Waals surface area contributed by atoms with Crippen LogP contribution in [0.1, 0.15) is 97.8 Å². The zero-order valence-corrected chi connectivity index (χ0v) is 25.9. The molecule has 0 aromatic heterocycles. The number of rotatable bonds is 11. The Hall–Kier alpha value is -2.62. The van der Waals surface area contributed by atoms with Crippen molar-refractivity contribution in [2.75, 3.05) is 28.3 Å². The molecule has 1 aliphatic rings. The first-order valence-electron chi connectivity index (χ1n) is 14.9. The second-order valence-corrected chi connectivity index (χ2v) is 11.4. The van der Waals surface area contributed by atoms with E-state index in [1.165, 1.54) is 38.3 Å². The lowest BCUT2D eigenvalue weighted by atomic mass is 9.93.